The van der Waals surface area contributed by atoms with Crippen molar-refractivity contribution >= 4 is 17.7 Å². The Morgan fingerprint density at radius 1 is 1.08 bits per heavy atom. The van der Waals surface area contributed by atoms with E-state index < -0.39 is 6.10 Å². The lowest BCUT2D eigenvalue weighted by atomic mass is 10.0. The molecule has 0 N–H and O–H groups in total. The van der Waals surface area contributed by atoms with Crippen molar-refractivity contribution in [3.63, 3.8) is 0 Å². The molecule has 0 unspecified atom stereocenters. The Morgan fingerprint density at radius 3 is 2.64 bits per heavy atom. The number of carbonyl (C=O) groups is 1. The molecule has 0 saturated carbocycles. The van der Waals surface area contributed by atoms with Gasteiger partial charge in [0.25, 0.3) is 0 Å². The summed E-state index contributed by atoms with van der Waals surface area (Å²) in [5.74, 6) is -0.680. The molecule has 2 aromatic carbocycles. The minimum absolute atomic E-state index is 0.297. The van der Waals surface area contributed by atoms with Gasteiger partial charge in [0.15, 0.2) is 6.10 Å². The maximum atomic E-state index is 14.5. The van der Waals surface area contributed by atoms with E-state index in [9.17, 15) is 9.18 Å². The van der Waals surface area contributed by atoms with Gasteiger partial charge in [-0.05, 0) is 30.3 Å². The number of aromatic nitrogens is 1. The average Bonchev–Trinajstić information content (AvgIpc) is 3.04. The van der Waals surface area contributed by atoms with Gasteiger partial charge in [-0.25, -0.2) is 4.39 Å². The molecule has 0 bridgehead atoms. The van der Waals surface area contributed by atoms with E-state index in [2.05, 4.69) is 0 Å². The summed E-state index contributed by atoms with van der Waals surface area (Å²) in [6.07, 6.45) is 1.36. The van der Waals surface area contributed by atoms with Crippen LogP contribution in [-0.4, -0.2) is 10.5 Å². The van der Waals surface area contributed by atoms with E-state index >= 15 is 0 Å². The Bertz CT molecular complexity index is 937. The lowest BCUT2D eigenvalue weighted by Crippen LogP contribution is -2.17. The maximum absolute atomic E-state index is 14.5. The van der Waals surface area contributed by atoms with Gasteiger partial charge in [-0.1, -0.05) is 30.3 Å². The SMILES string of the molecule is CC(=O)O[C@H]1c2cccn2-c2ccccc2S[C@@H]1c1ccccc1F. The molecule has 1 aromatic heterocycles. The number of halogens is 1. The third-order valence-corrected chi connectivity index (χ3v) is 5.58. The second-order valence-corrected chi connectivity index (χ2v) is 7.04. The maximum Gasteiger partial charge on any atom is 0.303 e. The number of nitrogens with zero attached hydrogens (tertiary/aromatic N) is 1. The van der Waals surface area contributed by atoms with E-state index in [0.717, 1.165) is 16.3 Å². The van der Waals surface area contributed by atoms with Crippen LogP contribution in [0.1, 0.15) is 29.5 Å². The number of fused-ring (bicyclic) bond motifs is 3. The van der Waals surface area contributed by atoms with Crippen molar-refractivity contribution < 1.29 is 13.9 Å². The van der Waals surface area contributed by atoms with E-state index in [1.807, 2.05) is 47.2 Å². The molecule has 0 amide bonds. The predicted molar refractivity (Wildman–Crippen MR) is 95.3 cm³/mol. The van der Waals surface area contributed by atoms with Crippen molar-refractivity contribution in [2.24, 2.45) is 0 Å². The summed E-state index contributed by atoms with van der Waals surface area (Å²) in [7, 11) is 0. The normalized spacial score (nSPS) is 18.8. The van der Waals surface area contributed by atoms with Gasteiger partial charge in [0.2, 0.25) is 0 Å². The summed E-state index contributed by atoms with van der Waals surface area (Å²) in [6.45, 7) is 1.38. The second-order valence-electron chi connectivity index (χ2n) is 5.86. The van der Waals surface area contributed by atoms with Gasteiger partial charge >= 0.3 is 5.97 Å². The molecule has 1 aliphatic rings. The predicted octanol–water partition coefficient (Wildman–Crippen LogP) is 5.07. The van der Waals surface area contributed by atoms with Crippen LogP contribution >= 0.6 is 11.8 Å². The quantitative estimate of drug-likeness (QED) is 0.603. The van der Waals surface area contributed by atoms with E-state index in [1.165, 1.54) is 24.8 Å². The topological polar surface area (TPSA) is 31.2 Å². The van der Waals surface area contributed by atoms with Crippen LogP contribution in [-0.2, 0) is 9.53 Å². The lowest BCUT2D eigenvalue weighted by Gasteiger charge is -2.25. The van der Waals surface area contributed by atoms with Gasteiger partial charge in [-0.15, -0.1) is 11.8 Å². The van der Waals surface area contributed by atoms with Crippen molar-refractivity contribution in [2.45, 2.75) is 23.2 Å². The minimum Gasteiger partial charge on any atom is -0.455 e. The van der Waals surface area contributed by atoms with E-state index in [0.29, 0.717) is 5.56 Å². The molecule has 4 rings (SSSR count). The number of hydrogen-bond donors (Lipinski definition) is 0. The molecule has 2 atom stereocenters. The summed E-state index contributed by atoms with van der Waals surface area (Å²) in [4.78, 5) is 12.8. The van der Waals surface area contributed by atoms with Crippen molar-refractivity contribution in [3.05, 3.63) is 83.9 Å². The summed E-state index contributed by atoms with van der Waals surface area (Å²) in [6, 6.07) is 18.4. The zero-order valence-corrected chi connectivity index (χ0v) is 14.4. The number of para-hydroxylation sites is 1. The van der Waals surface area contributed by atoms with Crippen LogP contribution in [0, 0.1) is 5.82 Å². The number of carbonyl (C=O) groups excluding carboxylic acids is 1. The fourth-order valence-electron chi connectivity index (χ4n) is 3.19. The van der Waals surface area contributed by atoms with Crippen LogP contribution in [0.4, 0.5) is 4.39 Å². The Morgan fingerprint density at radius 2 is 1.84 bits per heavy atom. The third-order valence-electron chi connectivity index (χ3n) is 4.23. The van der Waals surface area contributed by atoms with Crippen LogP contribution in [0.15, 0.2) is 71.8 Å². The highest BCUT2D eigenvalue weighted by Gasteiger charge is 2.35. The van der Waals surface area contributed by atoms with Gasteiger partial charge < -0.3 is 9.30 Å². The Hall–Kier alpha value is -2.53. The number of rotatable bonds is 2. The molecule has 3 aromatic rings. The van der Waals surface area contributed by atoms with E-state index in [-0.39, 0.29) is 17.0 Å². The van der Waals surface area contributed by atoms with Crippen LogP contribution in [0.3, 0.4) is 0 Å². The third kappa shape index (κ3) is 2.85. The van der Waals surface area contributed by atoms with Crippen LogP contribution < -0.4 is 0 Å². The summed E-state index contributed by atoms with van der Waals surface area (Å²) >= 11 is 1.52. The molecule has 1 aliphatic heterocycles. The van der Waals surface area contributed by atoms with Gasteiger partial charge in [-0.2, -0.15) is 0 Å². The molecular weight excluding hydrogens is 337 g/mol. The Labute approximate surface area is 149 Å². The van der Waals surface area contributed by atoms with Crippen LogP contribution in [0.2, 0.25) is 0 Å². The number of ether oxygens (including phenoxy) is 1. The molecule has 0 saturated heterocycles. The Balaban J connectivity index is 1.93. The molecule has 0 spiro atoms. The number of thioether (sulfide) groups is 1. The van der Waals surface area contributed by atoms with Gasteiger partial charge in [0, 0.05) is 23.6 Å². The van der Waals surface area contributed by atoms with Gasteiger partial charge in [0.1, 0.15) is 5.82 Å². The van der Waals surface area contributed by atoms with Gasteiger partial charge in [-0.3, -0.25) is 4.79 Å². The summed E-state index contributed by atoms with van der Waals surface area (Å²) in [5.41, 5.74) is 2.37. The first-order chi connectivity index (χ1) is 12.1. The summed E-state index contributed by atoms with van der Waals surface area (Å²) < 4.78 is 22.2. The van der Waals surface area contributed by atoms with E-state index in [1.54, 1.807) is 18.2 Å². The first-order valence-electron chi connectivity index (χ1n) is 8.00. The fourth-order valence-corrected chi connectivity index (χ4v) is 4.54. The Kier molecular flexibility index (Phi) is 4.09. The number of hydrogen-bond acceptors (Lipinski definition) is 3. The highest BCUT2D eigenvalue weighted by molar-refractivity contribution is 7.99. The molecule has 2 heterocycles. The molecule has 3 nitrogen and oxygen atoms in total. The second kappa shape index (κ2) is 6.41. The molecule has 0 fully saturated rings. The van der Waals surface area contributed by atoms with Gasteiger partial charge in [0.05, 0.1) is 16.6 Å². The van der Waals surface area contributed by atoms with Crippen molar-refractivity contribution in [3.8, 4) is 5.69 Å². The summed E-state index contributed by atoms with van der Waals surface area (Å²) in [5, 5.41) is -0.373. The first-order valence-corrected chi connectivity index (χ1v) is 8.88. The monoisotopic (exact) mass is 353 g/mol. The number of benzene rings is 2. The van der Waals surface area contributed by atoms with Crippen molar-refractivity contribution in [2.75, 3.05) is 0 Å². The highest BCUT2D eigenvalue weighted by atomic mass is 32.2. The zero-order chi connectivity index (χ0) is 17.4. The largest absolute Gasteiger partial charge is 0.455 e. The van der Waals surface area contributed by atoms with Crippen molar-refractivity contribution in [1.82, 2.24) is 4.57 Å². The smallest absolute Gasteiger partial charge is 0.303 e. The molecule has 5 heteroatoms. The number of esters is 1. The highest BCUT2D eigenvalue weighted by Crippen LogP contribution is 2.51. The minimum atomic E-state index is -0.582. The lowest BCUT2D eigenvalue weighted by molar-refractivity contribution is -0.147. The van der Waals surface area contributed by atoms with Crippen LogP contribution in [0.25, 0.3) is 5.69 Å². The fraction of sp³-hybridized carbons (Fsp3) is 0.150. The van der Waals surface area contributed by atoms with Crippen molar-refractivity contribution in [1.29, 1.82) is 0 Å². The first kappa shape index (κ1) is 16.0. The standard InChI is InChI=1S/C20H16FNO2S/c1-13(23)24-19-17-10-6-12-22(17)16-9-4-5-11-18(16)25-20(19)14-7-2-3-8-15(14)21/h2-12,19-20H,1H3/t19-,20+/m0/s1. The molecular formula is C20H16FNO2S. The van der Waals surface area contributed by atoms with Crippen LogP contribution in [0.5, 0.6) is 0 Å². The van der Waals surface area contributed by atoms with E-state index in [4.69, 9.17) is 4.74 Å². The zero-order valence-electron chi connectivity index (χ0n) is 13.6. The molecule has 0 aliphatic carbocycles. The molecule has 126 valence electrons. The molecule has 0 radical (unpaired) electrons. The average molecular weight is 353 g/mol. The molecule has 25 heavy (non-hydrogen) atoms.